The number of nitrogens with zero attached hydrogens (tertiary/aromatic N) is 1. The van der Waals surface area contributed by atoms with Crippen LogP contribution in [0.1, 0.15) is 58.3 Å². The first kappa shape index (κ1) is 36.0. The lowest BCUT2D eigenvalue weighted by molar-refractivity contribution is -0.270. The number of likely N-dealkylation sites (tertiary alicyclic amines) is 1. The van der Waals surface area contributed by atoms with Crippen LogP contribution in [0.3, 0.4) is 0 Å². The highest BCUT2D eigenvalue weighted by molar-refractivity contribution is 7.45. The Morgan fingerprint density at radius 2 is 1.76 bits per heavy atom. The number of aliphatic hydroxyl groups excluding tert-OH is 4. The van der Waals surface area contributed by atoms with Crippen LogP contribution in [0.5, 0.6) is 0 Å². The third-order valence-electron chi connectivity index (χ3n) is 7.14. The zero-order valence-corrected chi connectivity index (χ0v) is 24.8. The van der Waals surface area contributed by atoms with Crippen LogP contribution in [0.25, 0.3) is 0 Å². The number of hydrogen-bond donors (Lipinski definition) is 6. The maximum Gasteiger partial charge on any atom is 0.267 e. The zero-order valence-electron chi connectivity index (χ0n) is 23.9. The molecule has 2 heterocycles. The van der Waals surface area contributed by atoms with Gasteiger partial charge in [-0.25, -0.2) is 0 Å². The number of rotatable bonds is 19. The van der Waals surface area contributed by atoms with Crippen molar-refractivity contribution in [1.29, 1.82) is 0 Å². The molecule has 2 saturated heterocycles. The molecule has 0 aromatic heterocycles. The van der Waals surface area contributed by atoms with Crippen molar-refractivity contribution in [2.45, 2.75) is 101 Å². The Bertz CT molecular complexity index is 840. The highest BCUT2D eigenvalue weighted by Gasteiger charge is 2.45. The van der Waals surface area contributed by atoms with Crippen LogP contribution in [0.15, 0.2) is 0 Å². The molecule has 15 nitrogen and oxygen atoms in total. The molecule has 0 radical (unpaired) electrons. The van der Waals surface area contributed by atoms with E-state index >= 15 is 0 Å². The predicted molar refractivity (Wildman–Crippen MR) is 143 cm³/mol. The van der Waals surface area contributed by atoms with Gasteiger partial charge in [-0.3, -0.25) is 14.2 Å². The molecule has 6 unspecified atom stereocenters. The molecule has 41 heavy (non-hydrogen) atoms. The fraction of sp³-hybridized carbons (Fsp3) is 0.920. The van der Waals surface area contributed by atoms with Crippen LogP contribution in [-0.4, -0.2) is 126 Å². The maximum absolute atomic E-state index is 12.6. The minimum Gasteiger partial charge on any atom is -0.756 e. The maximum atomic E-state index is 12.6. The predicted octanol–water partition coefficient (Wildman–Crippen LogP) is -1.64. The molecular weight excluding hydrogens is 565 g/mol. The summed E-state index contributed by atoms with van der Waals surface area (Å²) in [6.45, 7) is 2.65. The Kier molecular flexibility index (Phi) is 16.2. The Labute approximate surface area is 241 Å². The largest absolute Gasteiger partial charge is 0.756 e. The summed E-state index contributed by atoms with van der Waals surface area (Å²) < 4.78 is 31.7. The molecule has 240 valence electrons. The van der Waals surface area contributed by atoms with Gasteiger partial charge in [0.15, 0.2) is 6.29 Å². The molecule has 0 bridgehead atoms. The van der Waals surface area contributed by atoms with Crippen LogP contribution < -0.4 is 15.5 Å². The number of β-amino-alcohol motifs (C(OH)–C–C–N with tert-alkyl or cyclic N) is 1. The van der Waals surface area contributed by atoms with Gasteiger partial charge in [0.25, 0.3) is 7.82 Å². The van der Waals surface area contributed by atoms with Gasteiger partial charge in [-0.05, 0) is 51.6 Å². The lowest BCUT2D eigenvalue weighted by Crippen LogP contribution is -2.64. The van der Waals surface area contributed by atoms with Gasteiger partial charge < -0.3 is 59.4 Å². The molecule has 2 aliphatic rings. The molecule has 2 amide bonds. The van der Waals surface area contributed by atoms with E-state index in [1.807, 2.05) is 0 Å². The smallest absolute Gasteiger partial charge is 0.267 e. The molecule has 8 atom stereocenters. The van der Waals surface area contributed by atoms with Gasteiger partial charge in [0, 0.05) is 33.6 Å². The summed E-state index contributed by atoms with van der Waals surface area (Å²) in [6, 6.07) is -1.45. The van der Waals surface area contributed by atoms with Gasteiger partial charge in [-0.15, -0.1) is 0 Å². The second-order valence-electron chi connectivity index (χ2n) is 10.4. The van der Waals surface area contributed by atoms with Crippen molar-refractivity contribution in [1.82, 2.24) is 15.5 Å². The summed E-state index contributed by atoms with van der Waals surface area (Å²) in [5, 5.41) is 45.5. The van der Waals surface area contributed by atoms with Crippen LogP contribution in [0, 0.1) is 0 Å². The van der Waals surface area contributed by atoms with E-state index in [9.17, 15) is 39.5 Å². The van der Waals surface area contributed by atoms with Crippen molar-refractivity contribution in [3.8, 4) is 0 Å². The topological polar surface area (TPSA) is 219 Å². The number of phosphoric ester groups is 1. The molecule has 2 aliphatic heterocycles. The summed E-state index contributed by atoms with van der Waals surface area (Å²) in [7, 11) is -3.39. The Morgan fingerprint density at radius 3 is 2.39 bits per heavy atom. The second-order valence-corrected chi connectivity index (χ2v) is 12.0. The summed E-state index contributed by atoms with van der Waals surface area (Å²) >= 11 is 0. The van der Waals surface area contributed by atoms with Crippen molar-refractivity contribution >= 4 is 19.6 Å². The number of ether oxygens (including phenoxy) is 2. The van der Waals surface area contributed by atoms with Crippen LogP contribution in [0.4, 0.5) is 0 Å². The van der Waals surface area contributed by atoms with Crippen molar-refractivity contribution in [3.05, 3.63) is 0 Å². The van der Waals surface area contributed by atoms with E-state index < -0.39 is 63.1 Å². The molecule has 6 N–H and O–H groups in total. The van der Waals surface area contributed by atoms with E-state index in [1.54, 1.807) is 0 Å². The van der Waals surface area contributed by atoms with E-state index in [2.05, 4.69) is 15.2 Å². The van der Waals surface area contributed by atoms with E-state index in [-0.39, 0.29) is 25.5 Å². The van der Waals surface area contributed by atoms with Crippen LogP contribution >= 0.6 is 7.82 Å². The minimum atomic E-state index is -4.39. The van der Waals surface area contributed by atoms with Gasteiger partial charge in [0.05, 0.1) is 25.4 Å². The number of carbonyl (C=O) groups excluding carboxylic acids is 2. The highest BCUT2D eigenvalue weighted by Crippen LogP contribution is 2.38. The van der Waals surface area contributed by atoms with Crippen molar-refractivity contribution in [2.75, 3.05) is 46.6 Å². The molecular formula is C25H47N3O12P-. The third kappa shape index (κ3) is 12.5. The lowest BCUT2D eigenvalue weighted by atomic mass is 9.97. The molecule has 2 rings (SSSR count). The van der Waals surface area contributed by atoms with E-state index in [4.69, 9.17) is 14.0 Å². The average molecular weight is 613 g/mol. The number of hydrogen-bond acceptors (Lipinski definition) is 13. The van der Waals surface area contributed by atoms with E-state index in [1.165, 1.54) is 11.8 Å². The summed E-state index contributed by atoms with van der Waals surface area (Å²) in [5.41, 5.74) is 0. The normalized spacial score (nSPS) is 29.8. The number of nitrogens with one attached hydrogen (secondary N) is 2. The first-order valence-electron chi connectivity index (χ1n) is 14.2. The number of carbonyl (C=O) groups is 2. The molecule has 0 saturated carbocycles. The van der Waals surface area contributed by atoms with Gasteiger partial charge in [-0.1, -0.05) is 6.42 Å². The summed E-state index contributed by atoms with van der Waals surface area (Å²) in [5.74, 6) is -0.537. The summed E-state index contributed by atoms with van der Waals surface area (Å²) in [6.07, 6.45) is 0.104. The van der Waals surface area contributed by atoms with Crippen molar-refractivity contribution in [3.63, 3.8) is 0 Å². The molecule has 16 heteroatoms. The molecule has 0 aromatic rings. The molecule has 0 aliphatic carbocycles. The zero-order chi connectivity index (χ0) is 30.4. The van der Waals surface area contributed by atoms with Crippen molar-refractivity contribution < 1.29 is 58.0 Å². The number of phosphoric acid groups is 1. The fourth-order valence-corrected chi connectivity index (χ4v) is 5.36. The second kappa shape index (κ2) is 18.4. The first-order valence-corrected chi connectivity index (χ1v) is 15.7. The van der Waals surface area contributed by atoms with Gasteiger partial charge in [0.1, 0.15) is 24.4 Å². The summed E-state index contributed by atoms with van der Waals surface area (Å²) in [4.78, 5) is 36.9. The lowest BCUT2D eigenvalue weighted by Gasteiger charge is -2.42. The Balaban J connectivity index is 1.52. The Hall–Kier alpha value is -1.23. The minimum absolute atomic E-state index is 0.136. The number of aliphatic hydroxyl groups is 4. The van der Waals surface area contributed by atoms with Crippen LogP contribution in [0.2, 0.25) is 0 Å². The SMILES string of the molecule is COP(=O)([O-])OC[C@@H]1C[C@@H](O)CN1C(=O)CCCCCNCCCCCOC1OC(CO)C(O)C(O)C1NC(C)=O. The molecule has 2 fully saturated rings. The quantitative estimate of drug-likeness (QED) is 0.0713. The standard InChI is InChI=1S/C25H48N3O12P/c1-17(30)27-22-24(34)23(33)20(15-29)40-25(22)38-12-8-4-7-11-26-10-6-3-5-9-21(32)28-14-19(31)13-18(28)16-39-41(35,36)37-2/h18-20,22-26,29,31,33-34H,3-16H2,1-2H3,(H,27,30)(H,35,36)/p-1/t18-,19+,20?,22?,23?,24?,25?/m0/s1. The van der Waals surface area contributed by atoms with Gasteiger partial charge >= 0.3 is 0 Å². The van der Waals surface area contributed by atoms with Gasteiger partial charge in [0.2, 0.25) is 11.8 Å². The third-order valence-corrected chi connectivity index (χ3v) is 8.05. The Morgan fingerprint density at radius 1 is 1.07 bits per heavy atom. The fourth-order valence-electron chi connectivity index (χ4n) is 4.90. The average Bonchev–Trinajstić information content (AvgIpc) is 3.32. The van der Waals surface area contributed by atoms with Gasteiger partial charge in [-0.2, -0.15) is 0 Å². The highest BCUT2D eigenvalue weighted by atomic mass is 31.2. The van der Waals surface area contributed by atoms with E-state index in [0.717, 1.165) is 45.9 Å². The number of unbranched alkanes of at least 4 members (excludes halogenated alkanes) is 4. The van der Waals surface area contributed by atoms with Crippen LogP contribution in [-0.2, 0) is 32.7 Å². The first-order chi connectivity index (χ1) is 19.5. The molecule has 0 aromatic carbocycles. The van der Waals surface area contributed by atoms with E-state index in [0.29, 0.717) is 25.9 Å². The monoisotopic (exact) mass is 612 g/mol. The van der Waals surface area contributed by atoms with Crippen molar-refractivity contribution in [2.24, 2.45) is 0 Å². The number of amides is 2. The molecule has 0 spiro atoms.